The molecule has 0 radical (unpaired) electrons. The highest BCUT2D eigenvalue weighted by Gasteiger charge is 2.37. The molecule has 0 aliphatic rings. The molecule has 8 heteroatoms. The Hall–Kier alpha value is -2.38. The molecule has 0 N–H and O–H groups in total. The fraction of sp³-hybridized carbons (Fsp3) is 0.143. The van der Waals surface area contributed by atoms with Crippen molar-refractivity contribution in [1.29, 1.82) is 0 Å². The summed E-state index contributed by atoms with van der Waals surface area (Å²) in [5.41, 5.74) is -2.91. The van der Waals surface area contributed by atoms with Crippen LogP contribution in [-0.2, 0) is 12.4 Å². The van der Waals surface area contributed by atoms with Crippen molar-refractivity contribution in [1.82, 2.24) is 9.97 Å². The minimum absolute atomic E-state index is 0.0564. The Morgan fingerprint density at radius 1 is 0.909 bits per heavy atom. The molecule has 0 saturated heterocycles. The molecule has 0 amide bonds. The minimum atomic E-state index is -4.91. The number of hydrogen-bond acceptors (Lipinski definition) is 2. The summed E-state index contributed by atoms with van der Waals surface area (Å²) in [6.45, 7) is 3.43. The van der Waals surface area contributed by atoms with Gasteiger partial charge in [-0.1, -0.05) is 6.58 Å². The third kappa shape index (κ3) is 3.44. The summed E-state index contributed by atoms with van der Waals surface area (Å²) in [6.07, 6.45) is -7.28. The van der Waals surface area contributed by atoms with Gasteiger partial charge < -0.3 is 0 Å². The molecule has 0 aliphatic heterocycles. The van der Waals surface area contributed by atoms with Crippen LogP contribution in [-0.4, -0.2) is 9.97 Å². The Balaban J connectivity index is 2.67. The first-order valence-corrected chi connectivity index (χ1v) is 5.86. The van der Waals surface area contributed by atoms with Crippen molar-refractivity contribution >= 4 is 6.08 Å². The summed E-state index contributed by atoms with van der Waals surface area (Å²) in [4.78, 5) is 7.55. The van der Waals surface area contributed by atoms with Gasteiger partial charge in [-0.2, -0.15) is 26.3 Å². The van der Waals surface area contributed by atoms with Gasteiger partial charge in [0, 0.05) is 11.8 Å². The van der Waals surface area contributed by atoms with Crippen LogP contribution in [0.2, 0.25) is 0 Å². The molecule has 22 heavy (non-hydrogen) atoms. The smallest absolute Gasteiger partial charge is 0.237 e. The molecule has 2 aromatic rings. The number of nitrogens with zero attached hydrogens (tertiary/aromatic N) is 2. The third-order valence-electron chi connectivity index (χ3n) is 2.73. The van der Waals surface area contributed by atoms with E-state index in [4.69, 9.17) is 0 Å². The quantitative estimate of drug-likeness (QED) is 0.742. The van der Waals surface area contributed by atoms with Crippen LogP contribution in [0.15, 0.2) is 37.0 Å². The molecular weight excluding hydrogens is 310 g/mol. The van der Waals surface area contributed by atoms with Gasteiger partial charge in [0.1, 0.15) is 0 Å². The molecule has 2 rings (SSSR count). The van der Waals surface area contributed by atoms with Gasteiger partial charge in [0.25, 0.3) is 0 Å². The Morgan fingerprint density at radius 3 is 1.91 bits per heavy atom. The number of alkyl halides is 6. The van der Waals surface area contributed by atoms with Gasteiger partial charge in [-0.3, -0.25) is 0 Å². The van der Waals surface area contributed by atoms with Gasteiger partial charge in [-0.25, -0.2) is 9.97 Å². The second-order valence-corrected chi connectivity index (χ2v) is 4.30. The second kappa shape index (κ2) is 5.43. The first-order valence-electron chi connectivity index (χ1n) is 5.86. The predicted molar refractivity (Wildman–Crippen MR) is 67.6 cm³/mol. The van der Waals surface area contributed by atoms with Crippen molar-refractivity contribution in [2.75, 3.05) is 0 Å². The Labute approximate surface area is 121 Å². The molecule has 0 spiro atoms. The van der Waals surface area contributed by atoms with E-state index in [2.05, 4.69) is 16.5 Å². The number of hydrogen-bond donors (Lipinski definition) is 0. The van der Waals surface area contributed by atoms with Crippen LogP contribution >= 0.6 is 0 Å². The van der Waals surface area contributed by atoms with Gasteiger partial charge in [0.05, 0.1) is 16.8 Å². The van der Waals surface area contributed by atoms with E-state index in [1.807, 2.05) is 0 Å². The summed E-state index contributed by atoms with van der Waals surface area (Å²) in [5, 5.41) is 0. The first-order chi connectivity index (χ1) is 10.1. The monoisotopic (exact) mass is 318 g/mol. The van der Waals surface area contributed by atoms with E-state index in [0.717, 1.165) is 0 Å². The molecule has 2 nitrogen and oxygen atoms in total. The number of halogens is 6. The highest BCUT2D eigenvalue weighted by atomic mass is 19.4. The average Bonchev–Trinajstić information content (AvgIpc) is 2.45. The molecular formula is C14H8F6N2. The second-order valence-electron chi connectivity index (χ2n) is 4.30. The van der Waals surface area contributed by atoms with E-state index in [1.54, 1.807) is 0 Å². The Morgan fingerprint density at radius 2 is 1.45 bits per heavy atom. The van der Waals surface area contributed by atoms with Crippen LogP contribution in [0, 0.1) is 0 Å². The van der Waals surface area contributed by atoms with Crippen LogP contribution in [0.3, 0.4) is 0 Å². The molecule has 1 aromatic carbocycles. The maximum absolute atomic E-state index is 12.8. The molecule has 0 unspecified atom stereocenters. The van der Waals surface area contributed by atoms with Gasteiger partial charge in [0.2, 0.25) is 0 Å². The maximum atomic E-state index is 12.8. The van der Waals surface area contributed by atoms with E-state index >= 15 is 0 Å². The zero-order valence-electron chi connectivity index (χ0n) is 10.8. The van der Waals surface area contributed by atoms with E-state index in [-0.39, 0.29) is 23.1 Å². The van der Waals surface area contributed by atoms with Gasteiger partial charge in [0.15, 0.2) is 5.82 Å². The third-order valence-corrected chi connectivity index (χ3v) is 2.73. The lowest BCUT2D eigenvalue weighted by Gasteiger charge is -2.13. The van der Waals surface area contributed by atoms with Crippen LogP contribution in [0.1, 0.15) is 16.8 Å². The lowest BCUT2D eigenvalue weighted by Crippen LogP contribution is -2.11. The largest absolute Gasteiger partial charge is 0.416 e. The van der Waals surface area contributed by atoms with Crippen LogP contribution in [0.25, 0.3) is 17.5 Å². The van der Waals surface area contributed by atoms with Crippen LogP contribution < -0.4 is 0 Å². The fourth-order valence-electron chi connectivity index (χ4n) is 1.71. The normalized spacial score (nSPS) is 12.3. The molecule has 0 fully saturated rings. The molecule has 0 saturated carbocycles. The van der Waals surface area contributed by atoms with Crippen LogP contribution in [0.4, 0.5) is 26.3 Å². The van der Waals surface area contributed by atoms with Gasteiger partial charge in [-0.05, 0) is 30.3 Å². The van der Waals surface area contributed by atoms with E-state index < -0.39 is 23.5 Å². The van der Waals surface area contributed by atoms with Gasteiger partial charge in [-0.15, -0.1) is 0 Å². The Bertz CT molecular complexity index is 671. The van der Waals surface area contributed by atoms with Crippen molar-refractivity contribution in [2.24, 2.45) is 0 Å². The SMILES string of the molecule is C=Cc1ccnc(-c2cc(C(F)(F)F)cc(C(F)(F)F)c2)n1. The molecule has 0 atom stereocenters. The van der Waals surface area contributed by atoms with E-state index in [0.29, 0.717) is 12.1 Å². The van der Waals surface area contributed by atoms with Gasteiger partial charge >= 0.3 is 12.4 Å². The minimum Gasteiger partial charge on any atom is -0.237 e. The van der Waals surface area contributed by atoms with Crippen molar-refractivity contribution in [3.05, 3.63) is 53.9 Å². The highest BCUT2D eigenvalue weighted by molar-refractivity contribution is 5.60. The summed E-state index contributed by atoms with van der Waals surface area (Å²) < 4.78 is 76.6. The Kier molecular flexibility index (Phi) is 3.95. The number of aromatic nitrogens is 2. The first kappa shape index (κ1) is 16.0. The summed E-state index contributed by atoms with van der Waals surface area (Å²) in [5.74, 6) is -0.242. The number of benzene rings is 1. The molecule has 116 valence electrons. The molecule has 0 aliphatic carbocycles. The summed E-state index contributed by atoms with van der Waals surface area (Å²) >= 11 is 0. The molecule has 0 bridgehead atoms. The number of rotatable bonds is 2. The van der Waals surface area contributed by atoms with Crippen molar-refractivity contribution < 1.29 is 26.3 Å². The molecule has 1 heterocycles. The lowest BCUT2D eigenvalue weighted by atomic mass is 10.0. The molecule has 1 aromatic heterocycles. The zero-order chi connectivity index (χ0) is 16.5. The maximum Gasteiger partial charge on any atom is 0.416 e. The topological polar surface area (TPSA) is 25.8 Å². The summed E-state index contributed by atoms with van der Waals surface area (Å²) in [6, 6.07) is 2.64. The standard InChI is InChI=1S/C14H8F6N2/c1-2-11-3-4-21-12(22-11)8-5-9(13(15,16)17)7-10(6-8)14(18,19)20/h2-7H,1H2. The van der Waals surface area contributed by atoms with Crippen molar-refractivity contribution in [2.45, 2.75) is 12.4 Å². The van der Waals surface area contributed by atoms with Crippen molar-refractivity contribution in [3.8, 4) is 11.4 Å². The zero-order valence-corrected chi connectivity index (χ0v) is 10.8. The van der Waals surface area contributed by atoms with Crippen LogP contribution in [0.5, 0.6) is 0 Å². The highest BCUT2D eigenvalue weighted by Crippen LogP contribution is 2.38. The van der Waals surface area contributed by atoms with E-state index in [1.165, 1.54) is 18.3 Å². The van der Waals surface area contributed by atoms with Crippen molar-refractivity contribution in [3.63, 3.8) is 0 Å². The average molecular weight is 318 g/mol. The fourth-order valence-corrected chi connectivity index (χ4v) is 1.71. The summed E-state index contributed by atoms with van der Waals surface area (Å²) in [7, 11) is 0. The lowest BCUT2D eigenvalue weighted by molar-refractivity contribution is -0.143. The van der Waals surface area contributed by atoms with E-state index in [9.17, 15) is 26.3 Å². The predicted octanol–water partition coefficient (Wildman–Crippen LogP) is 4.82.